The highest BCUT2D eigenvalue weighted by atomic mass is 16.5. The second-order valence-electron chi connectivity index (χ2n) is 4.41. The lowest BCUT2D eigenvalue weighted by atomic mass is 10.1. The minimum Gasteiger partial charge on any atom is -0.480 e. The Bertz CT molecular complexity index is 431. The molecule has 1 heterocycles. The molecule has 0 aliphatic carbocycles. The Morgan fingerprint density at radius 1 is 1.47 bits per heavy atom. The Labute approximate surface area is 101 Å². The molecule has 4 heteroatoms. The van der Waals surface area contributed by atoms with E-state index in [2.05, 4.69) is 0 Å². The van der Waals surface area contributed by atoms with Gasteiger partial charge in [-0.25, -0.2) is 4.79 Å². The number of anilines is 1. The van der Waals surface area contributed by atoms with Gasteiger partial charge in [0.05, 0.1) is 13.2 Å². The third-order valence-corrected chi connectivity index (χ3v) is 3.09. The molecule has 0 aromatic heterocycles. The standard InChI is InChI=1S/C13H17NO3/c1-9-3-4-10(2)11(7-9)14-5-6-17-8-12(14)13(15)16/h3-4,7,12H,5-6,8H2,1-2H3,(H,15,16). The Balaban J connectivity index is 2.35. The number of carboxylic acid groups (broad SMARTS) is 1. The van der Waals surface area contributed by atoms with E-state index in [9.17, 15) is 9.90 Å². The lowest BCUT2D eigenvalue weighted by Crippen LogP contribution is -2.50. The van der Waals surface area contributed by atoms with E-state index in [1.54, 1.807) is 0 Å². The number of carbonyl (C=O) groups is 1. The van der Waals surface area contributed by atoms with Crippen LogP contribution in [0, 0.1) is 13.8 Å². The fourth-order valence-corrected chi connectivity index (χ4v) is 2.13. The molecule has 0 amide bonds. The van der Waals surface area contributed by atoms with Crippen LogP contribution < -0.4 is 4.90 Å². The van der Waals surface area contributed by atoms with Crippen LogP contribution in [0.15, 0.2) is 18.2 Å². The first-order valence-corrected chi connectivity index (χ1v) is 5.74. The number of aryl methyl sites for hydroxylation is 2. The van der Waals surface area contributed by atoms with Crippen molar-refractivity contribution in [2.45, 2.75) is 19.9 Å². The second kappa shape index (κ2) is 4.75. The number of nitrogens with zero attached hydrogens (tertiary/aromatic N) is 1. The predicted octanol–water partition coefficient (Wildman–Crippen LogP) is 1.59. The van der Waals surface area contributed by atoms with Gasteiger partial charge >= 0.3 is 5.97 Å². The van der Waals surface area contributed by atoms with Gasteiger partial charge in [-0.15, -0.1) is 0 Å². The first-order valence-electron chi connectivity index (χ1n) is 5.74. The summed E-state index contributed by atoms with van der Waals surface area (Å²) < 4.78 is 5.24. The molecule has 17 heavy (non-hydrogen) atoms. The van der Waals surface area contributed by atoms with E-state index < -0.39 is 12.0 Å². The number of aliphatic carboxylic acids is 1. The lowest BCUT2D eigenvalue weighted by molar-refractivity contribution is -0.141. The maximum atomic E-state index is 11.2. The van der Waals surface area contributed by atoms with E-state index in [1.165, 1.54) is 0 Å². The molecule has 1 fully saturated rings. The molecule has 0 radical (unpaired) electrons. The Kier molecular flexibility index (Phi) is 3.33. The summed E-state index contributed by atoms with van der Waals surface area (Å²) in [5, 5.41) is 9.21. The van der Waals surface area contributed by atoms with E-state index in [-0.39, 0.29) is 6.61 Å². The summed E-state index contributed by atoms with van der Waals surface area (Å²) in [4.78, 5) is 13.1. The van der Waals surface area contributed by atoms with Crippen molar-refractivity contribution >= 4 is 11.7 Å². The van der Waals surface area contributed by atoms with Gasteiger partial charge in [0.15, 0.2) is 6.04 Å². The maximum absolute atomic E-state index is 11.2. The molecule has 1 aromatic carbocycles. The topological polar surface area (TPSA) is 49.8 Å². The van der Waals surface area contributed by atoms with Crippen LogP contribution in [-0.2, 0) is 9.53 Å². The van der Waals surface area contributed by atoms with Crippen molar-refractivity contribution in [3.63, 3.8) is 0 Å². The molecule has 1 atom stereocenters. The Morgan fingerprint density at radius 3 is 2.94 bits per heavy atom. The fraction of sp³-hybridized carbons (Fsp3) is 0.462. The van der Waals surface area contributed by atoms with Crippen LogP contribution in [0.3, 0.4) is 0 Å². The predicted molar refractivity (Wildman–Crippen MR) is 65.5 cm³/mol. The number of morpholine rings is 1. The third-order valence-electron chi connectivity index (χ3n) is 3.09. The molecule has 1 aromatic rings. The number of benzene rings is 1. The van der Waals surface area contributed by atoms with E-state index >= 15 is 0 Å². The van der Waals surface area contributed by atoms with Gasteiger partial charge in [0.1, 0.15) is 0 Å². The summed E-state index contributed by atoms with van der Waals surface area (Å²) in [6, 6.07) is 5.52. The van der Waals surface area contributed by atoms with Crippen molar-refractivity contribution in [2.24, 2.45) is 0 Å². The molecule has 0 bridgehead atoms. The Hall–Kier alpha value is -1.55. The molecule has 0 saturated carbocycles. The number of carboxylic acids is 1. The number of hydrogen-bond acceptors (Lipinski definition) is 3. The van der Waals surface area contributed by atoms with E-state index in [0.717, 1.165) is 16.8 Å². The van der Waals surface area contributed by atoms with Gasteiger partial charge in [-0.2, -0.15) is 0 Å². The van der Waals surface area contributed by atoms with Crippen LogP contribution in [0.5, 0.6) is 0 Å². The molecule has 1 saturated heterocycles. The zero-order valence-corrected chi connectivity index (χ0v) is 10.1. The van der Waals surface area contributed by atoms with E-state index in [1.807, 2.05) is 36.9 Å². The van der Waals surface area contributed by atoms with Crippen molar-refractivity contribution in [3.05, 3.63) is 29.3 Å². The van der Waals surface area contributed by atoms with Crippen LogP contribution in [0.1, 0.15) is 11.1 Å². The van der Waals surface area contributed by atoms with Gasteiger partial charge in [0, 0.05) is 12.2 Å². The Morgan fingerprint density at radius 2 is 2.24 bits per heavy atom. The first kappa shape index (κ1) is 11.9. The van der Waals surface area contributed by atoms with Gasteiger partial charge < -0.3 is 14.7 Å². The number of ether oxygens (including phenoxy) is 1. The SMILES string of the molecule is Cc1ccc(C)c(N2CCOCC2C(=O)O)c1. The van der Waals surface area contributed by atoms with Crippen LogP contribution in [-0.4, -0.2) is 36.9 Å². The van der Waals surface area contributed by atoms with Crippen molar-refractivity contribution in [1.29, 1.82) is 0 Å². The van der Waals surface area contributed by atoms with Crippen LogP contribution in [0.4, 0.5) is 5.69 Å². The minimum atomic E-state index is -0.828. The van der Waals surface area contributed by atoms with Crippen LogP contribution in [0.2, 0.25) is 0 Å². The molecule has 2 rings (SSSR count). The molecular weight excluding hydrogens is 218 g/mol. The average molecular weight is 235 g/mol. The van der Waals surface area contributed by atoms with Crippen molar-refractivity contribution in [1.82, 2.24) is 0 Å². The van der Waals surface area contributed by atoms with E-state index in [0.29, 0.717) is 13.2 Å². The molecule has 4 nitrogen and oxygen atoms in total. The summed E-state index contributed by atoms with van der Waals surface area (Å²) in [6.07, 6.45) is 0. The van der Waals surface area contributed by atoms with Crippen molar-refractivity contribution < 1.29 is 14.6 Å². The summed E-state index contributed by atoms with van der Waals surface area (Å²) in [7, 11) is 0. The first-order chi connectivity index (χ1) is 8.09. The van der Waals surface area contributed by atoms with E-state index in [4.69, 9.17) is 4.74 Å². The van der Waals surface area contributed by atoms with Gasteiger partial charge in [0.25, 0.3) is 0 Å². The molecule has 92 valence electrons. The zero-order chi connectivity index (χ0) is 12.4. The smallest absolute Gasteiger partial charge is 0.328 e. The van der Waals surface area contributed by atoms with Crippen LogP contribution >= 0.6 is 0 Å². The summed E-state index contributed by atoms with van der Waals surface area (Å²) in [5.41, 5.74) is 3.24. The summed E-state index contributed by atoms with van der Waals surface area (Å²) >= 11 is 0. The minimum absolute atomic E-state index is 0.253. The molecule has 1 aliphatic rings. The quantitative estimate of drug-likeness (QED) is 0.845. The summed E-state index contributed by atoms with van der Waals surface area (Å²) in [6.45, 7) is 5.48. The number of hydrogen-bond donors (Lipinski definition) is 1. The largest absolute Gasteiger partial charge is 0.480 e. The van der Waals surface area contributed by atoms with Crippen molar-refractivity contribution in [2.75, 3.05) is 24.7 Å². The van der Waals surface area contributed by atoms with Gasteiger partial charge in [-0.05, 0) is 31.0 Å². The lowest BCUT2D eigenvalue weighted by Gasteiger charge is -2.35. The normalized spacial score (nSPS) is 20.4. The molecule has 0 spiro atoms. The van der Waals surface area contributed by atoms with Crippen LogP contribution in [0.25, 0.3) is 0 Å². The fourth-order valence-electron chi connectivity index (χ4n) is 2.13. The monoisotopic (exact) mass is 235 g/mol. The highest BCUT2D eigenvalue weighted by Gasteiger charge is 2.30. The molecular formula is C13H17NO3. The molecule has 1 aliphatic heterocycles. The maximum Gasteiger partial charge on any atom is 0.328 e. The molecule has 1 N–H and O–H groups in total. The van der Waals surface area contributed by atoms with Crippen molar-refractivity contribution in [3.8, 4) is 0 Å². The number of rotatable bonds is 2. The summed E-state index contributed by atoms with van der Waals surface area (Å²) in [5.74, 6) is -0.828. The second-order valence-corrected chi connectivity index (χ2v) is 4.41. The highest BCUT2D eigenvalue weighted by molar-refractivity contribution is 5.79. The van der Waals surface area contributed by atoms with Gasteiger partial charge in [-0.1, -0.05) is 12.1 Å². The third kappa shape index (κ3) is 2.42. The molecule has 1 unspecified atom stereocenters. The van der Waals surface area contributed by atoms with Gasteiger partial charge in [0.2, 0.25) is 0 Å². The average Bonchev–Trinajstić information content (AvgIpc) is 2.32. The van der Waals surface area contributed by atoms with Gasteiger partial charge in [-0.3, -0.25) is 0 Å². The zero-order valence-electron chi connectivity index (χ0n) is 10.1. The highest BCUT2D eigenvalue weighted by Crippen LogP contribution is 2.25.